The number of ketones is 1. The second kappa shape index (κ2) is 10.8. The Morgan fingerprint density at radius 1 is 0.897 bits per heavy atom. The van der Waals surface area contributed by atoms with Crippen LogP contribution in [0, 0.1) is 6.92 Å². The minimum atomic E-state index is -0.947. The quantitative estimate of drug-likeness (QED) is 0.216. The van der Waals surface area contributed by atoms with E-state index in [0.29, 0.717) is 17.9 Å². The fourth-order valence-electron chi connectivity index (χ4n) is 5.29. The van der Waals surface area contributed by atoms with Crippen molar-refractivity contribution in [3.05, 3.63) is 113 Å². The van der Waals surface area contributed by atoms with Crippen molar-refractivity contribution in [3.8, 4) is 17.2 Å². The molecule has 0 fully saturated rings. The van der Waals surface area contributed by atoms with Crippen LogP contribution in [0.3, 0.4) is 0 Å². The highest BCUT2D eigenvalue weighted by molar-refractivity contribution is 6.09. The van der Waals surface area contributed by atoms with Gasteiger partial charge in [0.1, 0.15) is 17.2 Å². The Labute approximate surface area is 229 Å². The molecule has 0 radical (unpaired) electrons. The van der Waals surface area contributed by atoms with Crippen LogP contribution in [0.15, 0.2) is 79.4 Å². The number of rotatable bonds is 9. The van der Waals surface area contributed by atoms with Crippen LogP contribution in [0.1, 0.15) is 44.6 Å². The summed E-state index contributed by atoms with van der Waals surface area (Å²) >= 11 is 0. The van der Waals surface area contributed by atoms with Crippen molar-refractivity contribution >= 4 is 28.7 Å². The fraction of sp³-hybridized carbons (Fsp3) is 0.206. The van der Waals surface area contributed by atoms with Crippen molar-refractivity contribution in [2.75, 3.05) is 27.9 Å². The molecule has 5 heteroatoms. The molecule has 0 aliphatic carbocycles. The smallest absolute Gasteiger partial charge is 0.178 e. The first-order valence-corrected chi connectivity index (χ1v) is 12.9. The van der Waals surface area contributed by atoms with Crippen LogP contribution in [-0.4, -0.2) is 33.7 Å². The summed E-state index contributed by atoms with van der Waals surface area (Å²) in [7, 11) is 4.90. The Balaban J connectivity index is 1.79. The standard InChI is InChI=1S/C34H32O5/c1-6-23-7-16-28-30(21-23)22(2)32(31(35)18-20-36-3)29-17-19-34(39-33(28)29,24-8-12-26(37-4)13-9-24)25-10-14-27(38-5)15-11-25/h6-17,19,21H,1,18,20H2,2-5H3. The minimum Gasteiger partial charge on any atom is -0.497 e. The summed E-state index contributed by atoms with van der Waals surface area (Å²) in [6, 6.07) is 21.9. The molecule has 5 rings (SSSR count). The normalized spacial score (nSPS) is 13.4. The minimum absolute atomic E-state index is 0.0196. The van der Waals surface area contributed by atoms with Crippen LogP contribution in [0.4, 0.5) is 0 Å². The number of fused-ring (bicyclic) bond motifs is 3. The van der Waals surface area contributed by atoms with Crippen LogP contribution >= 0.6 is 0 Å². The number of aryl methyl sites for hydroxylation is 1. The van der Waals surface area contributed by atoms with E-state index in [1.165, 1.54) is 0 Å². The Bertz CT molecular complexity index is 1520. The van der Waals surface area contributed by atoms with Crippen LogP contribution in [0.5, 0.6) is 17.2 Å². The van der Waals surface area contributed by atoms with Gasteiger partial charge in [-0.15, -0.1) is 0 Å². The lowest BCUT2D eigenvalue weighted by Crippen LogP contribution is -2.34. The van der Waals surface area contributed by atoms with Gasteiger partial charge < -0.3 is 18.9 Å². The van der Waals surface area contributed by atoms with Gasteiger partial charge in [-0.2, -0.15) is 0 Å². The van der Waals surface area contributed by atoms with E-state index in [9.17, 15) is 4.79 Å². The van der Waals surface area contributed by atoms with Crippen molar-refractivity contribution in [2.24, 2.45) is 0 Å². The van der Waals surface area contributed by atoms with E-state index in [0.717, 1.165) is 50.1 Å². The molecule has 39 heavy (non-hydrogen) atoms. The lowest BCUT2D eigenvalue weighted by molar-refractivity contribution is 0.0930. The van der Waals surface area contributed by atoms with E-state index in [2.05, 4.69) is 12.6 Å². The zero-order chi connectivity index (χ0) is 27.6. The molecule has 1 heterocycles. The molecule has 4 aromatic rings. The van der Waals surface area contributed by atoms with Gasteiger partial charge in [0, 0.05) is 41.2 Å². The fourth-order valence-corrected chi connectivity index (χ4v) is 5.29. The first-order chi connectivity index (χ1) is 18.9. The Morgan fingerprint density at radius 3 is 2.05 bits per heavy atom. The summed E-state index contributed by atoms with van der Waals surface area (Å²) in [5, 5.41) is 1.90. The van der Waals surface area contributed by atoms with Gasteiger partial charge in [-0.25, -0.2) is 0 Å². The largest absolute Gasteiger partial charge is 0.497 e. The molecule has 0 amide bonds. The molecule has 0 aromatic heterocycles. The topological polar surface area (TPSA) is 54.0 Å². The monoisotopic (exact) mass is 520 g/mol. The molecule has 0 N–H and O–H groups in total. The van der Waals surface area contributed by atoms with Gasteiger partial charge in [-0.1, -0.05) is 49.1 Å². The molecule has 0 saturated heterocycles. The van der Waals surface area contributed by atoms with Crippen molar-refractivity contribution in [2.45, 2.75) is 18.9 Å². The van der Waals surface area contributed by atoms with E-state index < -0.39 is 5.60 Å². The SMILES string of the molecule is C=Cc1ccc2c3c(c(C(=O)CCOC)c(C)c2c1)C=CC(c1ccc(OC)cc1)(c1ccc(OC)cc1)O3. The zero-order valence-electron chi connectivity index (χ0n) is 22.7. The molecule has 0 spiro atoms. The van der Waals surface area contributed by atoms with Gasteiger partial charge in [0.25, 0.3) is 0 Å². The highest BCUT2D eigenvalue weighted by atomic mass is 16.5. The van der Waals surface area contributed by atoms with E-state index in [4.69, 9.17) is 18.9 Å². The summed E-state index contributed by atoms with van der Waals surface area (Å²) in [6.07, 6.45) is 6.16. The number of benzene rings is 4. The molecular formula is C34H32O5. The average Bonchev–Trinajstić information content (AvgIpc) is 2.99. The summed E-state index contributed by atoms with van der Waals surface area (Å²) in [4.78, 5) is 13.5. The van der Waals surface area contributed by atoms with Gasteiger partial charge in [0.2, 0.25) is 0 Å². The number of carbonyl (C=O) groups is 1. The molecule has 0 saturated carbocycles. The number of ether oxygens (including phenoxy) is 4. The summed E-state index contributed by atoms with van der Waals surface area (Å²) in [5.41, 5.74) is 4.25. The molecule has 0 atom stereocenters. The summed E-state index contributed by atoms with van der Waals surface area (Å²) < 4.78 is 23.2. The van der Waals surface area contributed by atoms with Crippen molar-refractivity contribution in [3.63, 3.8) is 0 Å². The Kier molecular flexibility index (Phi) is 7.27. The van der Waals surface area contributed by atoms with E-state index in [1.807, 2.05) is 85.8 Å². The highest BCUT2D eigenvalue weighted by Crippen LogP contribution is 2.48. The number of methoxy groups -OCH3 is 3. The number of hydrogen-bond acceptors (Lipinski definition) is 5. The third-order valence-corrected chi connectivity index (χ3v) is 7.41. The molecule has 5 nitrogen and oxygen atoms in total. The molecule has 4 aromatic carbocycles. The molecular weight excluding hydrogens is 488 g/mol. The number of hydrogen-bond donors (Lipinski definition) is 0. The van der Waals surface area contributed by atoms with Crippen LogP contribution in [0.25, 0.3) is 22.9 Å². The molecule has 198 valence electrons. The second-order valence-corrected chi connectivity index (χ2v) is 9.55. The third-order valence-electron chi connectivity index (χ3n) is 7.41. The van der Waals surface area contributed by atoms with E-state index >= 15 is 0 Å². The predicted molar refractivity (Wildman–Crippen MR) is 156 cm³/mol. The van der Waals surface area contributed by atoms with Crippen molar-refractivity contribution in [1.82, 2.24) is 0 Å². The van der Waals surface area contributed by atoms with Crippen LogP contribution < -0.4 is 14.2 Å². The maximum Gasteiger partial charge on any atom is 0.178 e. The van der Waals surface area contributed by atoms with Gasteiger partial charge in [0.15, 0.2) is 11.4 Å². The maximum absolute atomic E-state index is 13.5. The lowest BCUT2D eigenvalue weighted by atomic mass is 9.81. The van der Waals surface area contributed by atoms with Crippen LogP contribution in [0.2, 0.25) is 0 Å². The third kappa shape index (κ3) is 4.59. The molecule has 0 bridgehead atoms. The van der Waals surface area contributed by atoms with Gasteiger partial charge >= 0.3 is 0 Å². The number of Topliss-reactive ketones (excluding diaryl/α,β-unsaturated/α-hetero) is 1. The first kappa shape index (κ1) is 26.3. The van der Waals surface area contributed by atoms with Crippen LogP contribution in [-0.2, 0) is 10.3 Å². The van der Waals surface area contributed by atoms with Crippen molar-refractivity contribution < 1.29 is 23.7 Å². The molecule has 0 unspecified atom stereocenters. The van der Waals surface area contributed by atoms with Gasteiger partial charge in [-0.3, -0.25) is 4.79 Å². The predicted octanol–water partition coefficient (Wildman–Crippen LogP) is 7.38. The second-order valence-electron chi connectivity index (χ2n) is 9.55. The lowest BCUT2D eigenvalue weighted by Gasteiger charge is -2.37. The van der Waals surface area contributed by atoms with Gasteiger partial charge in [-0.05, 0) is 65.9 Å². The number of carbonyl (C=O) groups excluding carboxylic acids is 1. The summed E-state index contributed by atoms with van der Waals surface area (Å²) in [5.74, 6) is 2.20. The van der Waals surface area contributed by atoms with E-state index in [-0.39, 0.29) is 12.2 Å². The highest BCUT2D eigenvalue weighted by Gasteiger charge is 2.39. The summed E-state index contributed by atoms with van der Waals surface area (Å²) in [6.45, 7) is 6.29. The zero-order valence-corrected chi connectivity index (χ0v) is 22.7. The van der Waals surface area contributed by atoms with E-state index in [1.54, 1.807) is 21.3 Å². The van der Waals surface area contributed by atoms with Crippen molar-refractivity contribution in [1.29, 1.82) is 0 Å². The maximum atomic E-state index is 13.5. The average molecular weight is 521 g/mol. The van der Waals surface area contributed by atoms with Gasteiger partial charge in [0.05, 0.1) is 20.8 Å². The molecule has 1 aliphatic heterocycles. The Hall–Kier alpha value is -4.35. The first-order valence-electron chi connectivity index (χ1n) is 12.9. The molecule has 1 aliphatic rings. The Morgan fingerprint density at radius 2 is 1.51 bits per heavy atom.